The normalized spacial score (nSPS) is 9.71. The predicted octanol–water partition coefficient (Wildman–Crippen LogP) is 2.90. The summed E-state index contributed by atoms with van der Waals surface area (Å²) < 4.78 is 5.27. The average molecular weight is 323 g/mol. The molecule has 0 aliphatic heterocycles. The van der Waals surface area contributed by atoms with Gasteiger partial charge in [-0.25, -0.2) is 4.79 Å². The number of carbonyl (C=O) groups excluding carboxylic acids is 2. The zero-order valence-electron chi connectivity index (χ0n) is 13.4. The van der Waals surface area contributed by atoms with Crippen molar-refractivity contribution in [1.82, 2.24) is 5.32 Å². The minimum absolute atomic E-state index is 0.296. The Balaban J connectivity index is 1.88. The third-order valence-corrected chi connectivity index (χ3v) is 3.25. The summed E-state index contributed by atoms with van der Waals surface area (Å²) in [6.07, 6.45) is 0. The smallest absolute Gasteiger partial charge is 0.325 e. The molecule has 0 saturated heterocycles. The van der Waals surface area contributed by atoms with Gasteiger partial charge >= 0.3 is 6.03 Å². The molecule has 24 heavy (non-hydrogen) atoms. The fraction of sp³-hybridized carbons (Fsp3) is 0.167. The second-order valence-electron chi connectivity index (χ2n) is 5.22. The van der Waals surface area contributed by atoms with Crippen molar-refractivity contribution in [3.63, 3.8) is 0 Å². The molecular formula is C18H17N3O3. The number of nitrogens with zero attached hydrogens (tertiary/aromatic N) is 1. The number of imide groups is 1. The van der Waals surface area contributed by atoms with Gasteiger partial charge in [0.05, 0.1) is 5.56 Å². The zero-order valence-corrected chi connectivity index (χ0v) is 13.4. The molecule has 2 aromatic carbocycles. The Morgan fingerprint density at radius 1 is 1.17 bits per heavy atom. The molecule has 0 spiro atoms. The first-order valence-electron chi connectivity index (χ1n) is 7.29. The number of carbonyl (C=O) groups is 2. The van der Waals surface area contributed by atoms with E-state index in [1.807, 2.05) is 32.0 Å². The van der Waals surface area contributed by atoms with Gasteiger partial charge in [0.2, 0.25) is 0 Å². The van der Waals surface area contributed by atoms with E-state index >= 15 is 0 Å². The summed E-state index contributed by atoms with van der Waals surface area (Å²) in [7, 11) is 0. The summed E-state index contributed by atoms with van der Waals surface area (Å²) in [6.45, 7) is 3.46. The van der Waals surface area contributed by atoms with Gasteiger partial charge in [0.25, 0.3) is 5.91 Å². The third kappa shape index (κ3) is 4.58. The Bertz CT molecular complexity index is 809. The predicted molar refractivity (Wildman–Crippen MR) is 89.7 cm³/mol. The lowest BCUT2D eigenvalue weighted by molar-refractivity contribution is -0.121. The highest BCUT2D eigenvalue weighted by Crippen LogP contribution is 2.17. The number of nitriles is 1. The summed E-state index contributed by atoms with van der Waals surface area (Å²) in [5, 5.41) is 13.7. The van der Waals surface area contributed by atoms with Crippen molar-refractivity contribution in [3.8, 4) is 11.8 Å². The van der Waals surface area contributed by atoms with E-state index in [9.17, 15) is 9.59 Å². The highest BCUT2D eigenvalue weighted by atomic mass is 16.5. The molecule has 0 bridgehead atoms. The van der Waals surface area contributed by atoms with Gasteiger partial charge in [0, 0.05) is 5.69 Å². The van der Waals surface area contributed by atoms with Gasteiger partial charge in [-0.05, 0) is 37.6 Å². The lowest BCUT2D eigenvalue weighted by Gasteiger charge is -2.10. The first-order chi connectivity index (χ1) is 11.5. The van der Waals surface area contributed by atoms with Crippen LogP contribution in [0.15, 0.2) is 42.5 Å². The van der Waals surface area contributed by atoms with Crippen LogP contribution in [-0.4, -0.2) is 18.5 Å². The van der Waals surface area contributed by atoms with E-state index in [2.05, 4.69) is 10.6 Å². The second kappa shape index (κ2) is 7.79. The van der Waals surface area contributed by atoms with Gasteiger partial charge in [-0.1, -0.05) is 29.8 Å². The van der Waals surface area contributed by atoms with Crippen LogP contribution in [0.5, 0.6) is 5.75 Å². The van der Waals surface area contributed by atoms with Crippen LogP contribution in [0.3, 0.4) is 0 Å². The first kappa shape index (κ1) is 17.0. The standard InChI is InChI=1S/C18H17N3O3/c1-12-7-8-15(13(2)9-12)20-18(23)21-17(22)11-24-16-6-4-3-5-14(16)10-19/h3-9H,11H2,1-2H3,(H2,20,21,22,23). The van der Waals surface area contributed by atoms with Crippen LogP contribution < -0.4 is 15.4 Å². The maximum atomic E-state index is 11.8. The van der Waals surface area contributed by atoms with Crippen LogP contribution in [0.1, 0.15) is 16.7 Å². The fourth-order valence-electron chi connectivity index (χ4n) is 2.10. The van der Waals surface area contributed by atoms with Crippen molar-refractivity contribution in [1.29, 1.82) is 5.26 Å². The molecule has 0 heterocycles. The number of aryl methyl sites for hydroxylation is 2. The zero-order chi connectivity index (χ0) is 17.5. The molecule has 0 unspecified atom stereocenters. The van der Waals surface area contributed by atoms with E-state index in [0.29, 0.717) is 17.0 Å². The Hall–Kier alpha value is -3.33. The monoisotopic (exact) mass is 323 g/mol. The molecule has 2 rings (SSSR count). The second-order valence-corrected chi connectivity index (χ2v) is 5.22. The van der Waals surface area contributed by atoms with Crippen molar-refractivity contribution < 1.29 is 14.3 Å². The van der Waals surface area contributed by atoms with E-state index in [0.717, 1.165) is 11.1 Å². The summed E-state index contributed by atoms with van der Waals surface area (Å²) >= 11 is 0. The molecule has 3 amide bonds. The largest absolute Gasteiger partial charge is 0.482 e. The van der Waals surface area contributed by atoms with E-state index in [1.165, 1.54) is 0 Å². The summed E-state index contributed by atoms with van der Waals surface area (Å²) in [5.74, 6) is -0.310. The van der Waals surface area contributed by atoms with Gasteiger partial charge in [0.15, 0.2) is 6.61 Å². The van der Waals surface area contributed by atoms with Crippen LogP contribution in [0.2, 0.25) is 0 Å². The van der Waals surface area contributed by atoms with Crippen molar-refractivity contribution >= 4 is 17.6 Å². The summed E-state index contributed by atoms with van der Waals surface area (Å²) in [4.78, 5) is 23.6. The summed E-state index contributed by atoms with van der Waals surface area (Å²) in [6, 6.07) is 13.5. The Morgan fingerprint density at radius 2 is 1.92 bits per heavy atom. The average Bonchev–Trinajstić information content (AvgIpc) is 2.55. The third-order valence-electron chi connectivity index (χ3n) is 3.25. The van der Waals surface area contributed by atoms with Crippen molar-refractivity contribution in [2.45, 2.75) is 13.8 Å². The lowest BCUT2D eigenvalue weighted by Crippen LogP contribution is -2.37. The minimum Gasteiger partial charge on any atom is -0.482 e. The number of ether oxygens (including phenoxy) is 1. The number of amides is 3. The van der Waals surface area contributed by atoms with Crippen LogP contribution >= 0.6 is 0 Å². The van der Waals surface area contributed by atoms with E-state index in [-0.39, 0.29) is 6.61 Å². The Morgan fingerprint density at radius 3 is 2.62 bits per heavy atom. The SMILES string of the molecule is Cc1ccc(NC(=O)NC(=O)COc2ccccc2C#N)c(C)c1. The number of benzene rings is 2. The molecule has 0 fully saturated rings. The highest BCUT2D eigenvalue weighted by Gasteiger charge is 2.11. The van der Waals surface area contributed by atoms with Gasteiger partial charge in [-0.15, -0.1) is 0 Å². The lowest BCUT2D eigenvalue weighted by atomic mass is 10.1. The van der Waals surface area contributed by atoms with Crippen molar-refractivity contribution in [2.75, 3.05) is 11.9 Å². The molecule has 0 radical (unpaired) electrons. The molecule has 6 heteroatoms. The molecule has 122 valence electrons. The number of hydrogen-bond donors (Lipinski definition) is 2. The highest BCUT2D eigenvalue weighted by molar-refractivity contribution is 6.01. The number of nitrogens with one attached hydrogen (secondary N) is 2. The van der Waals surface area contributed by atoms with Crippen molar-refractivity contribution in [3.05, 3.63) is 59.2 Å². The number of hydrogen-bond acceptors (Lipinski definition) is 4. The van der Waals surface area contributed by atoms with Crippen molar-refractivity contribution in [2.24, 2.45) is 0 Å². The number of urea groups is 1. The van der Waals surface area contributed by atoms with Gasteiger partial charge in [0.1, 0.15) is 11.8 Å². The maximum absolute atomic E-state index is 11.8. The van der Waals surface area contributed by atoms with Gasteiger partial charge in [-0.3, -0.25) is 10.1 Å². The minimum atomic E-state index is -0.635. The topological polar surface area (TPSA) is 91.2 Å². The number of para-hydroxylation sites is 1. The van der Waals surface area contributed by atoms with Crippen LogP contribution in [0.4, 0.5) is 10.5 Å². The molecule has 2 N–H and O–H groups in total. The fourth-order valence-corrected chi connectivity index (χ4v) is 2.10. The molecule has 0 aliphatic carbocycles. The maximum Gasteiger partial charge on any atom is 0.325 e. The first-order valence-corrected chi connectivity index (χ1v) is 7.29. The van der Waals surface area contributed by atoms with Crippen LogP contribution in [-0.2, 0) is 4.79 Å². The number of anilines is 1. The van der Waals surface area contributed by atoms with Gasteiger partial charge in [-0.2, -0.15) is 5.26 Å². The summed E-state index contributed by atoms with van der Waals surface area (Å²) in [5.41, 5.74) is 2.93. The molecule has 0 saturated carbocycles. The van der Waals surface area contributed by atoms with Gasteiger partial charge < -0.3 is 10.1 Å². The molecular weight excluding hydrogens is 306 g/mol. The quantitative estimate of drug-likeness (QED) is 0.905. The van der Waals surface area contributed by atoms with E-state index in [4.69, 9.17) is 10.00 Å². The molecule has 0 aliphatic rings. The number of rotatable bonds is 4. The molecule has 0 atom stereocenters. The van der Waals surface area contributed by atoms with Crippen LogP contribution in [0.25, 0.3) is 0 Å². The van der Waals surface area contributed by atoms with Crippen LogP contribution in [0, 0.1) is 25.2 Å². The van der Waals surface area contributed by atoms with E-state index in [1.54, 1.807) is 30.3 Å². The Kier molecular flexibility index (Phi) is 5.53. The Labute approximate surface area is 140 Å². The molecule has 0 aromatic heterocycles. The molecule has 6 nitrogen and oxygen atoms in total. The van der Waals surface area contributed by atoms with E-state index < -0.39 is 11.9 Å². The molecule has 2 aromatic rings.